The summed E-state index contributed by atoms with van der Waals surface area (Å²) in [6.07, 6.45) is 3.92. The lowest BCUT2D eigenvalue weighted by molar-refractivity contribution is -0.121. The smallest absolute Gasteiger partial charge is 0.220 e. The molecule has 1 amide bonds. The minimum Gasteiger partial charge on any atom is -0.348 e. The maximum Gasteiger partial charge on any atom is 0.220 e. The van der Waals surface area contributed by atoms with Crippen molar-refractivity contribution in [1.82, 2.24) is 10.3 Å². The van der Waals surface area contributed by atoms with Gasteiger partial charge < -0.3 is 5.32 Å². The van der Waals surface area contributed by atoms with Crippen molar-refractivity contribution >= 4 is 5.91 Å². The van der Waals surface area contributed by atoms with Crippen LogP contribution in [0.25, 0.3) is 0 Å². The number of rotatable bonds is 6. The standard InChI is InChI=1S/C19H24N2O/c1-4-17(18-13-14(2)11-12-20-18)21-19(22)10-9-16-8-6-5-7-15(16)3/h5-8,11-13,17H,4,9-10H2,1-3H3,(H,21,22)/t17-/m1/s1. The van der Waals surface area contributed by atoms with E-state index in [2.05, 4.69) is 36.3 Å². The molecule has 0 aliphatic heterocycles. The van der Waals surface area contributed by atoms with Gasteiger partial charge in [-0.1, -0.05) is 31.2 Å². The fourth-order valence-corrected chi connectivity index (χ4v) is 2.54. The van der Waals surface area contributed by atoms with Crippen LogP contribution in [-0.2, 0) is 11.2 Å². The summed E-state index contributed by atoms with van der Waals surface area (Å²) in [6, 6.07) is 12.2. The number of amides is 1. The molecule has 116 valence electrons. The normalized spacial score (nSPS) is 12.0. The van der Waals surface area contributed by atoms with Gasteiger partial charge in [0.2, 0.25) is 5.91 Å². The van der Waals surface area contributed by atoms with Crippen molar-refractivity contribution in [1.29, 1.82) is 0 Å². The Bertz CT molecular complexity index is 637. The fraction of sp³-hybridized carbons (Fsp3) is 0.368. The number of carbonyl (C=O) groups is 1. The average molecular weight is 296 g/mol. The second-order valence-corrected chi connectivity index (χ2v) is 5.71. The van der Waals surface area contributed by atoms with Crippen LogP contribution >= 0.6 is 0 Å². The fourth-order valence-electron chi connectivity index (χ4n) is 2.54. The van der Waals surface area contributed by atoms with Crippen LogP contribution in [0.15, 0.2) is 42.6 Å². The molecule has 3 nitrogen and oxygen atoms in total. The van der Waals surface area contributed by atoms with Crippen molar-refractivity contribution < 1.29 is 4.79 Å². The molecular weight excluding hydrogens is 272 g/mol. The summed E-state index contributed by atoms with van der Waals surface area (Å²) in [5.41, 5.74) is 4.58. The molecule has 1 aromatic heterocycles. The average Bonchev–Trinajstić information content (AvgIpc) is 2.52. The molecule has 22 heavy (non-hydrogen) atoms. The number of hydrogen-bond donors (Lipinski definition) is 1. The van der Waals surface area contributed by atoms with Gasteiger partial charge in [-0.3, -0.25) is 9.78 Å². The summed E-state index contributed by atoms with van der Waals surface area (Å²) in [5, 5.41) is 3.10. The molecule has 1 N–H and O–H groups in total. The maximum atomic E-state index is 12.2. The lowest BCUT2D eigenvalue weighted by Gasteiger charge is -2.17. The number of hydrogen-bond acceptors (Lipinski definition) is 2. The van der Waals surface area contributed by atoms with Crippen LogP contribution in [0, 0.1) is 13.8 Å². The molecule has 0 spiro atoms. The highest BCUT2D eigenvalue weighted by Crippen LogP contribution is 2.16. The number of benzene rings is 1. The maximum absolute atomic E-state index is 12.2. The molecular formula is C19H24N2O. The molecule has 2 rings (SSSR count). The third-order valence-electron chi connectivity index (χ3n) is 3.92. The van der Waals surface area contributed by atoms with Gasteiger partial charge in [-0.25, -0.2) is 0 Å². The third kappa shape index (κ3) is 4.42. The second-order valence-electron chi connectivity index (χ2n) is 5.71. The number of aromatic nitrogens is 1. The van der Waals surface area contributed by atoms with Crippen molar-refractivity contribution in [2.24, 2.45) is 0 Å². The van der Waals surface area contributed by atoms with Gasteiger partial charge in [0, 0.05) is 12.6 Å². The van der Waals surface area contributed by atoms with E-state index in [0.29, 0.717) is 6.42 Å². The van der Waals surface area contributed by atoms with Crippen molar-refractivity contribution in [3.05, 3.63) is 65.0 Å². The van der Waals surface area contributed by atoms with E-state index in [1.54, 1.807) is 6.20 Å². The molecule has 0 unspecified atom stereocenters. The van der Waals surface area contributed by atoms with E-state index in [1.807, 2.05) is 31.2 Å². The molecule has 1 heterocycles. The van der Waals surface area contributed by atoms with Gasteiger partial charge in [0.1, 0.15) is 0 Å². The largest absolute Gasteiger partial charge is 0.348 e. The van der Waals surface area contributed by atoms with E-state index in [4.69, 9.17) is 0 Å². The number of nitrogens with one attached hydrogen (secondary N) is 1. The van der Waals surface area contributed by atoms with Gasteiger partial charge in [0.05, 0.1) is 11.7 Å². The minimum atomic E-state index is -0.00993. The predicted octanol–water partition coefficient (Wildman–Crippen LogP) is 3.90. The van der Waals surface area contributed by atoms with Gasteiger partial charge in [0.25, 0.3) is 0 Å². The Morgan fingerprint density at radius 2 is 2.00 bits per heavy atom. The Morgan fingerprint density at radius 3 is 2.68 bits per heavy atom. The number of pyridine rings is 1. The summed E-state index contributed by atoms with van der Waals surface area (Å²) in [4.78, 5) is 16.6. The van der Waals surface area contributed by atoms with Crippen molar-refractivity contribution in [2.45, 2.75) is 46.1 Å². The first-order valence-corrected chi connectivity index (χ1v) is 7.86. The minimum absolute atomic E-state index is 0.00993. The molecule has 0 saturated carbocycles. The van der Waals surface area contributed by atoms with Crippen molar-refractivity contribution in [3.63, 3.8) is 0 Å². The van der Waals surface area contributed by atoms with Crippen LogP contribution < -0.4 is 5.32 Å². The predicted molar refractivity (Wildman–Crippen MR) is 89.6 cm³/mol. The monoisotopic (exact) mass is 296 g/mol. The highest BCUT2D eigenvalue weighted by molar-refractivity contribution is 5.76. The molecule has 1 aromatic carbocycles. The Kier molecular flexibility index (Phi) is 5.70. The van der Waals surface area contributed by atoms with Gasteiger partial charge in [-0.05, 0) is 55.5 Å². The van der Waals surface area contributed by atoms with Gasteiger partial charge in [0.15, 0.2) is 0 Å². The van der Waals surface area contributed by atoms with E-state index in [-0.39, 0.29) is 11.9 Å². The Labute approximate surface area is 132 Å². The van der Waals surface area contributed by atoms with Gasteiger partial charge in [-0.15, -0.1) is 0 Å². The van der Waals surface area contributed by atoms with Crippen LogP contribution in [0.4, 0.5) is 0 Å². The molecule has 0 aliphatic carbocycles. The van der Waals surface area contributed by atoms with Gasteiger partial charge in [-0.2, -0.15) is 0 Å². The van der Waals surface area contributed by atoms with E-state index in [1.165, 1.54) is 11.1 Å². The molecule has 0 aliphatic rings. The Balaban J connectivity index is 1.94. The van der Waals surface area contributed by atoms with Crippen LogP contribution in [0.3, 0.4) is 0 Å². The zero-order valence-electron chi connectivity index (χ0n) is 13.6. The van der Waals surface area contributed by atoms with Gasteiger partial charge >= 0.3 is 0 Å². The van der Waals surface area contributed by atoms with E-state index < -0.39 is 0 Å². The van der Waals surface area contributed by atoms with Crippen molar-refractivity contribution in [2.75, 3.05) is 0 Å². The molecule has 0 saturated heterocycles. The summed E-state index contributed by atoms with van der Waals surface area (Å²) < 4.78 is 0. The van der Waals surface area contributed by atoms with Crippen molar-refractivity contribution in [3.8, 4) is 0 Å². The molecule has 0 radical (unpaired) electrons. The number of aryl methyl sites for hydroxylation is 3. The SMILES string of the molecule is CC[C@@H](NC(=O)CCc1ccccc1C)c1cc(C)ccn1. The zero-order valence-corrected chi connectivity index (χ0v) is 13.6. The molecule has 1 atom stereocenters. The first-order chi connectivity index (χ1) is 10.6. The quantitative estimate of drug-likeness (QED) is 0.878. The zero-order chi connectivity index (χ0) is 15.9. The topological polar surface area (TPSA) is 42.0 Å². The third-order valence-corrected chi connectivity index (χ3v) is 3.92. The highest BCUT2D eigenvalue weighted by atomic mass is 16.1. The van der Waals surface area contributed by atoms with E-state index >= 15 is 0 Å². The summed E-state index contributed by atoms with van der Waals surface area (Å²) in [5.74, 6) is 0.0819. The van der Waals surface area contributed by atoms with Crippen LogP contribution in [0.5, 0.6) is 0 Å². The lowest BCUT2D eigenvalue weighted by atomic mass is 10.0. The molecule has 0 bridgehead atoms. The molecule has 0 fully saturated rings. The highest BCUT2D eigenvalue weighted by Gasteiger charge is 2.14. The number of nitrogens with zero attached hydrogens (tertiary/aromatic N) is 1. The van der Waals surface area contributed by atoms with E-state index in [0.717, 1.165) is 24.1 Å². The van der Waals surface area contributed by atoms with Crippen LogP contribution in [0.2, 0.25) is 0 Å². The van der Waals surface area contributed by atoms with Crippen LogP contribution in [0.1, 0.15) is 48.2 Å². The summed E-state index contributed by atoms with van der Waals surface area (Å²) in [7, 11) is 0. The molecule has 3 heteroatoms. The summed E-state index contributed by atoms with van der Waals surface area (Å²) >= 11 is 0. The Hall–Kier alpha value is -2.16. The first-order valence-electron chi connectivity index (χ1n) is 7.86. The lowest BCUT2D eigenvalue weighted by Crippen LogP contribution is -2.29. The first kappa shape index (κ1) is 16.2. The molecule has 2 aromatic rings. The summed E-state index contributed by atoms with van der Waals surface area (Å²) in [6.45, 7) is 6.19. The number of carbonyl (C=O) groups excluding carboxylic acids is 1. The van der Waals surface area contributed by atoms with Crippen LogP contribution in [-0.4, -0.2) is 10.9 Å². The Morgan fingerprint density at radius 1 is 1.23 bits per heavy atom. The van der Waals surface area contributed by atoms with E-state index in [9.17, 15) is 4.79 Å². The second kappa shape index (κ2) is 7.74.